The molecule has 1 aromatic rings. The lowest BCUT2D eigenvalue weighted by molar-refractivity contribution is -0.134. The molecule has 0 radical (unpaired) electrons. The predicted octanol–water partition coefficient (Wildman–Crippen LogP) is 2.28. The molecule has 0 unspecified atom stereocenters. The summed E-state index contributed by atoms with van der Waals surface area (Å²) in [7, 11) is 0. The van der Waals surface area contributed by atoms with Crippen molar-refractivity contribution in [2.75, 3.05) is 13.1 Å². The van der Waals surface area contributed by atoms with Gasteiger partial charge in [0, 0.05) is 37.5 Å². The maximum atomic E-state index is 12.1. The molecule has 2 N–H and O–H groups in total. The molecule has 0 bridgehead atoms. The lowest BCUT2D eigenvalue weighted by Gasteiger charge is -2.34. The van der Waals surface area contributed by atoms with E-state index in [0.717, 1.165) is 25.8 Å². The first kappa shape index (κ1) is 17.8. The van der Waals surface area contributed by atoms with Gasteiger partial charge >= 0.3 is 0 Å². The minimum Gasteiger partial charge on any atom is -0.387 e. The van der Waals surface area contributed by atoms with Crippen LogP contribution in [0.15, 0.2) is 24.3 Å². The first-order chi connectivity index (χ1) is 11.0. The fourth-order valence-electron chi connectivity index (χ4n) is 2.93. The van der Waals surface area contributed by atoms with Gasteiger partial charge in [0.05, 0.1) is 6.10 Å². The molecule has 1 saturated heterocycles. The first-order valence-electron chi connectivity index (χ1n) is 7.95. The summed E-state index contributed by atoms with van der Waals surface area (Å²) < 4.78 is 0. The fraction of sp³-hybridized carbons (Fsp3) is 0.529. The van der Waals surface area contributed by atoms with Crippen molar-refractivity contribution in [1.82, 2.24) is 10.2 Å². The SMILES string of the molecule is CC(=O)N1CCCC[C@@H]1CC(=O)NC[C@H](O)c1ccc(Cl)cc1. The van der Waals surface area contributed by atoms with Crippen LogP contribution in [0.4, 0.5) is 0 Å². The Morgan fingerprint density at radius 3 is 2.70 bits per heavy atom. The molecule has 2 rings (SSSR count). The van der Waals surface area contributed by atoms with E-state index in [9.17, 15) is 14.7 Å². The van der Waals surface area contributed by atoms with Gasteiger partial charge in [0.2, 0.25) is 11.8 Å². The number of halogens is 1. The van der Waals surface area contributed by atoms with E-state index in [1.54, 1.807) is 36.1 Å². The summed E-state index contributed by atoms with van der Waals surface area (Å²) in [6, 6.07) is 6.84. The van der Waals surface area contributed by atoms with E-state index in [4.69, 9.17) is 11.6 Å². The van der Waals surface area contributed by atoms with Crippen LogP contribution >= 0.6 is 11.6 Å². The van der Waals surface area contributed by atoms with Crippen LogP contribution in [0.25, 0.3) is 0 Å². The molecule has 0 spiro atoms. The zero-order valence-electron chi connectivity index (χ0n) is 13.3. The summed E-state index contributed by atoms with van der Waals surface area (Å²) >= 11 is 5.81. The third kappa shape index (κ3) is 5.22. The number of aliphatic hydroxyl groups is 1. The Balaban J connectivity index is 1.82. The summed E-state index contributed by atoms with van der Waals surface area (Å²) in [5.41, 5.74) is 0.706. The summed E-state index contributed by atoms with van der Waals surface area (Å²) in [4.78, 5) is 25.5. The Bertz CT molecular complexity index is 547. The number of likely N-dealkylation sites (tertiary alicyclic amines) is 1. The molecule has 1 aromatic carbocycles. The van der Waals surface area contributed by atoms with Gasteiger partial charge in [0.15, 0.2) is 0 Å². The Hall–Kier alpha value is -1.59. The van der Waals surface area contributed by atoms with Gasteiger partial charge < -0.3 is 15.3 Å². The number of rotatable bonds is 5. The van der Waals surface area contributed by atoms with E-state index in [-0.39, 0.29) is 30.8 Å². The highest BCUT2D eigenvalue weighted by Crippen LogP contribution is 2.20. The summed E-state index contributed by atoms with van der Waals surface area (Å²) in [5, 5.41) is 13.4. The van der Waals surface area contributed by atoms with Crippen LogP contribution in [0.1, 0.15) is 44.3 Å². The van der Waals surface area contributed by atoms with Crippen molar-refractivity contribution in [2.45, 2.75) is 44.8 Å². The fourth-order valence-corrected chi connectivity index (χ4v) is 3.05. The van der Waals surface area contributed by atoms with Crippen molar-refractivity contribution in [3.8, 4) is 0 Å². The summed E-state index contributed by atoms with van der Waals surface area (Å²) in [6.45, 7) is 2.41. The molecule has 0 aromatic heterocycles. The smallest absolute Gasteiger partial charge is 0.222 e. The average molecular weight is 339 g/mol. The second-order valence-electron chi connectivity index (χ2n) is 5.94. The lowest BCUT2D eigenvalue weighted by Crippen LogP contribution is -2.45. The highest BCUT2D eigenvalue weighted by atomic mass is 35.5. The van der Waals surface area contributed by atoms with Gasteiger partial charge in [-0.1, -0.05) is 23.7 Å². The minimum atomic E-state index is -0.772. The molecule has 6 heteroatoms. The van der Waals surface area contributed by atoms with Crippen LogP contribution in [0, 0.1) is 0 Å². The first-order valence-corrected chi connectivity index (χ1v) is 8.32. The standard InChI is InChI=1S/C17H23ClN2O3/c1-12(21)20-9-3-2-4-15(20)10-17(23)19-11-16(22)13-5-7-14(18)8-6-13/h5-8,15-16,22H,2-4,9-11H2,1H3,(H,19,23)/t15-,16+/m1/s1. The van der Waals surface area contributed by atoms with Crippen LogP contribution < -0.4 is 5.32 Å². The molecule has 1 aliphatic rings. The Labute approximate surface area is 141 Å². The van der Waals surface area contributed by atoms with E-state index in [1.165, 1.54) is 0 Å². The van der Waals surface area contributed by atoms with Crippen LogP contribution in [-0.4, -0.2) is 41.0 Å². The molecule has 2 amide bonds. The van der Waals surface area contributed by atoms with Crippen molar-refractivity contribution in [1.29, 1.82) is 0 Å². The average Bonchev–Trinajstić information content (AvgIpc) is 2.53. The number of piperidine rings is 1. The molecule has 0 saturated carbocycles. The van der Waals surface area contributed by atoms with Gasteiger partial charge in [-0.2, -0.15) is 0 Å². The molecule has 126 valence electrons. The maximum absolute atomic E-state index is 12.1. The van der Waals surface area contributed by atoms with Crippen molar-refractivity contribution >= 4 is 23.4 Å². The minimum absolute atomic E-state index is 0.0173. The zero-order chi connectivity index (χ0) is 16.8. The highest BCUT2D eigenvalue weighted by Gasteiger charge is 2.26. The number of nitrogens with zero attached hydrogens (tertiary/aromatic N) is 1. The lowest BCUT2D eigenvalue weighted by atomic mass is 9.99. The highest BCUT2D eigenvalue weighted by molar-refractivity contribution is 6.30. The number of hydrogen-bond donors (Lipinski definition) is 2. The second kappa shape index (κ2) is 8.31. The number of aliphatic hydroxyl groups excluding tert-OH is 1. The maximum Gasteiger partial charge on any atom is 0.222 e. The largest absolute Gasteiger partial charge is 0.387 e. The number of carbonyl (C=O) groups excluding carboxylic acids is 2. The van der Waals surface area contributed by atoms with Gasteiger partial charge in [-0.3, -0.25) is 9.59 Å². The molecule has 0 aliphatic carbocycles. The molecule has 1 heterocycles. The van der Waals surface area contributed by atoms with Crippen molar-refractivity contribution in [3.63, 3.8) is 0 Å². The van der Waals surface area contributed by atoms with Gasteiger partial charge in [-0.05, 0) is 37.0 Å². The molecular weight excluding hydrogens is 316 g/mol. The van der Waals surface area contributed by atoms with E-state index < -0.39 is 6.10 Å². The number of benzene rings is 1. The zero-order valence-corrected chi connectivity index (χ0v) is 14.1. The van der Waals surface area contributed by atoms with Crippen LogP contribution in [0.3, 0.4) is 0 Å². The van der Waals surface area contributed by atoms with Gasteiger partial charge in [-0.25, -0.2) is 0 Å². The van der Waals surface area contributed by atoms with Crippen LogP contribution in [-0.2, 0) is 9.59 Å². The molecule has 2 atom stereocenters. The molecule has 23 heavy (non-hydrogen) atoms. The Kier molecular flexibility index (Phi) is 6.42. The molecular formula is C17H23ClN2O3. The Morgan fingerprint density at radius 1 is 1.35 bits per heavy atom. The topological polar surface area (TPSA) is 69.6 Å². The van der Waals surface area contributed by atoms with Gasteiger partial charge in [0.1, 0.15) is 0 Å². The van der Waals surface area contributed by atoms with Gasteiger partial charge in [-0.15, -0.1) is 0 Å². The molecule has 5 nitrogen and oxygen atoms in total. The van der Waals surface area contributed by atoms with Crippen molar-refractivity contribution in [2.24, 2.45) is 0 Å². The van der Waals surface area contributed by atoms with Crippen molar-refractivity contribution in [3.05, 3.63) is 34.9 Å². The molecule has 1 fully saturated rings. The van der Waals surface area contributed by atoms with E-state index in [1.807, 2.05) is 0 Å². The normalized spacial score (nSPS) is 19.3. The quantitative estimate of drug-likeness (QED) is 0.865. The van der Waals surface area contributed by atoms with Crippen LogP contribution in [0.5, 0.6) is 0 Å². The second-order valence-corrected chi connectivity index (χ2v) is 6.37. The van der Waals surface area contributed by atoms with Crippen LogP contribution in [0.2, 0.25) is 5.02 Å². The van der Waals surface area contributed by atoms with Gasteiger partial charge in [0.25, 0.3) is 0 Å². The summed E-state index contributed by atoms with van der Waals surface area (Å²) in [5.74, 6) is -0.125. The third-order valence-corrected chi connectivity index (χ3v) is 4.45. The number of carbonyl (C=O) groups is 2. The Morgan fingerprint density at radius 2 is 2.04 bits per heavy atom. The van der Waals surface area contributed by atoms with Crippen molar-refractivity contribution < 1.29 is 14.7 Å². The van der Waals surface area contributed by atoms with E-state index >= 15 is 0 Å². The number of hydrogen-bond acceptors (Lipinski definition) is 3. The van der Waals surface area contributed by atoms with E-state index in [0.29, 0.717) is 10.6 Å². The predicted molar refractivity (Wildman–Crippen MR) is 89.1 cm³/mol. The number of amides is 2. The number of nitrogens with one attached hydrogen (secondary N) is 1. The third-order valence-electron chi connectivity index (χ3n) is 4.20. The summed E-state index contributed by atoms with van der Waals surface area (Å²) in [6.07, 6.45) is 2.40. The monoisotopic (exact) mass is 338 g/mol. The molecule has 1 aliphatic heterocycles. The van der Waals surface area contributed by atoms with E-state index in [2.05, 4.69) is 5.32 Å².